The summed E-state index contributed by atoms with van der Waals surface area (Å²) >= 11 is 2.80. The fraction of sp³-hybridized carbons (Fsp3) is 0.261. The van der Waals surface area contributed by atoms with Crippen molar-refractivity contribution < 1.29 is 33.5 Å². The van der Waals surface area contributed by atoms with E-state index in [9.17, 15) is 24.5 Å². The molecule has 184 valence electrons. The molecule has 2 amide bonds. The fourth-order valence-corrected chi connectivity index (χ4v) is 4.92. The van der Waals surface area contributed by atoms with Crippen LogP contribution in [0.15, 0.2) is 41.3 Å². The van der Waals surface area contributed by atoms with E-state index >= 15 is 0 Å². The number of nitro benzene ring substituents is 1. The molecule has 1 aliphatic heterocycles. The molecular formula is C23H21IN2O8S. The number of benzene rings is 2. The van der Waals surface area contributed by atoms with Crippen LogP contribution >= 0.6 is 34.4 Å². The van der Waals surface area contributed by atoms with Gasteiger partial charge in [0.1, 0.15) is 12.6 Å². The Morgan fingerprint density at radius 2 is 2.00 bits per heavy atom. The first kappa shape index (κ1) is 26.5. The maximum atomic E-state index is 12.8. The smallest absolute Gasteiger partial charge is 0.328 e. The summed E-state index contributed by atoms with van der Waals surface area (Å²) in [5.41, 5.74) is 1.18. The van der Waals surface area contributed by atoms with Gasteiger partial charge in [0.05, 0.1) is 27.1 Å². The number of hydrogen-bond acceptors (Lipinski definition) is 9. The lowest BCUT2D eigenvalue weighted by Gasteiger charge is -2.18. The molecular weight excluding hydrogens is 591 g/mol. The van der Waals surface area contributed by atoms with Crippen molar-refractivity contribution in [3.05, 3.63) is 66.1 Å². The predicted octanol–water partition coefficient (Wildman–Crippen LogP) is 4.77. The first-order valence-electron chi connectivity index (χ1n) is 10.3. The van der Waals surface area contributed by atoms with Crippen LogP contribution < -0.4 is 9.47 Å². The highest BCUT2D eigenvalue weighted by Gasteiger charge is 2.41. The number of thioether (sulfide) groups is 1. The van der Waals surface area contributed by atoms with Crippen LogP contribution in [0.2, 0.25) is 0 Å². The van der Waals surface area contributed by atoms with Gasteiger partial charge in [-0.15, -0.1) is 0 Å². The molecule has 0 N–H and O–H groups in total. The SMILES string of the molecule is CCOc1cc(/C=C2/SC(=O)N([C@@H](C)C(=O)OC)C2=O)cc(I)c1OCc1cccc([N+](=O)[O-])c1. The Labute approximate surface area is 218 Å². The molecule has 1 fully saturated rings. The van der Waals surface area contributed by atoms with Crippen LogP contribution in [-0.4, -0.2) is 46.7 Å². The number of amides is 2. The average molecular weight is 612 g/mol. The molecule has 1 saturated heterocycles. The highest BCUT2D eigenvalue weighted by molar-refractivity contribution is 14.1. The number of halogens is 1. The maximum Gasteiger partial charge on any atom is 0.328 e. The Hall–Kier alpha value is -3.13. The molecule has 0 spiro atoms. The minimum atomic E-state index is -1.04. The van der Waals surface area contributed by atoms with E-state index in [-0.39, 0.29) is 17.2 Å². The van der Waals surface area contributed by atoms with Crippen molar-refractivity contribution in [3.8, 4) is 11.5 Å². The Morgan fingerprint density at radius 3 is 2.66 bits per heavy atom. The molecule has 1 heterocycles. The molecule has 0 radical (unpaired) electrons. The largest absolute Gasteiger partial charge is 0.490 e. The first-order chi connectivity index (χ1) is 16.7. The molecule has 0 bridgehead atoms. The quantitative estimate of drug-likeness (QED) is 0.129. The second-order valence-electron chi connectivity index (χ2n) is 7.23. The third kappa shape index (κ3) is 6.11. The van der Waals surface area contributed by atoms with Crippen molar-refractivity contribution in [3.63, 3.8) is 0 Å². The van der Waals surface area contributed by atoms with E-state index < -0.39 is 28.1 Å². The molecule has 1 aliphatic rings. The number of carbonyl (C=O) groups is 3. The van der Waals surface area contributed by atoms with Crippen molar-refractivity contribution in [2.45, 2.75) is 26.5 Å². The summed E-state index contributed by atoms with van der Waals surface area (Å²) in [4.78, 5) is 48.5. The summed E-state index contributed by atoms with van der Waals surface area (Å²) in [5.74, 6) is -0.411. The number of imide groups is 1. The number of carbonyl (C=O) groups excluding carboxylic acids is 3. The van der Waals surface area contributed by atoms with Gasteiger partial charge in [-0.2, -0.15) is 0 Å². The van der Waals surface area contributed by atoms with Crippen molar-refractivity contribution in [2.75, 3.05) is 13.7 Å². The van der Waals surface area contributed by atoms with Crippen molar-refractivity contribution in [2.24, 2.45) is 0 Å². The molecule has 0 unspecified atom stereocenters. The molecule has 35 heavy (non-hydrogen) atoms. The number of methoxy groups -OCH3 is 1. The highest BCUT2D eigenvalue weighted by Crippen LogP contribution is 2.38. The van der Waals surface area contributed by atoms with Crippen molar-refractivity contribution >= 4 is 63.2 Å². The van der Waals surface area contributed by atoms with E-state index in [0.717, 1.165) is 16.7 Å². The summed E-state index contributed by atoms with van der Waals surface area (Å²) < 4.78 is 17.0. The maximum absolute atomic E-state index is 12.8. The zero-order valence-corrected chi connectivity index (χ0v) is 22.0. The third-order valence-electron chi connectivity index (χ3n) is 4.89. The van der Waals surface area contributed by atoms with Gasteiger partial charge in [0, 0.05) is 12.1 Å². The van der Waals surface area contributed by atoms with Crippen molar-refractivity contribution in [1.82, 2.24) is 4.90 Å². The number of non-ortho nitro benzene ring substituents is 1. The Balaban J connectivity index is 1.86. The number of hydrogen-bond donors (Lipinski definition) is 0. The minimum Gasteiger partial charge on any atom is -0.490 e. The van der Waals surface area contributed by atoms with E-state index in [1.54, 1.807) is 30.3 Å². The number of esters is 1. The van der Waals surface area contributed by atoms with Crippen molar-refractivity contribution in [1.29, 1.82) is 0 Å². The van der Waals surface area contributed by atoms with Gasteiger partial charge in [-0.3, -0.25) is 24.6 Å². The van der Waals surface area contributed by atoms with Gasteiger partial charge < -0.3 is 14.2 Å². The summed E-state index contributed by atoms with van der Waals surface area (Å²) in [6.07, 6.45) is 1.55. The lowest BCUT2D eigenvalue weighted by molar-refractivity contribution is -0.384. The number of rotatable bonds is 9. The standard InChI is InChI=1S/C23H21IN2O8S/c1-4-33-18-10-15(11-19-21(27)25(23(29)35-19)13(2)22(28)32-3)9-17(24)20(18)34-12-14-6-5-7-16(8-14)26(30)31/h5-11,13H,4,12H2,1-3H3/b19-11+/t13-/m0/s1. The lowest BCUT2D eigenvalue weighted by Crippen LogP contribution is -2.42. The van der Waals surface area contributed by atoms with Crippen LogP contribution in [-0.2, 0) is 20.9 Å². The molecule has 12 heteroatoms. The summed E-state index contributed by atoms with van der Waals surface area (Å²) in [6.45, 7) is 3.67. The van der Waals surface area contributed by atoms with E-state index in [1.165, 1.54) is 26.2 Å². The second-order valence-corrected chi connectivity index (χ2v) is 9.38. The monoisotopic (exact) mass is 612 g/mol. The van der Waals surface area contributed by atoms with E-state index in [1.807, 2.05) is 6.92 Å². The van der Waals surface area contributed by atoms with Crippen LogP contribution in [0.5, 0.6) is 11.5 Å². The van der Waals surface area contributed by atoms with Gasteiger partial charge in [0.25, 0.3) is 16.8 Å². The first-order valence-corrected chi connectivity index (χ1v) is 12.2. The molecule has 2 aromatic carbocycles. The lowest BCUT2D eigenvalue weighted by atomic mass is 10.1. The van der Waals surface area contributed by atoms with Gasteiger partial charge in [0.15, 0.2) is 11.5 Å². The molecule has 0 saturated carbocycles. The van der Waals surface area contributed by atoms with Gasteiger partial charge in [-0.1, -0.05) is 12.1 Å². The topological polar surface area (TPSA) is 125 Å². The predicted molar refractivity (Wildman–Crippen MR) is 137 cm³/mol. The van der Waals surface area contributed by atoms with Gasteiger partial charge in [0.2, 0.25) is 0 Å². The minimum absolute atomic E-state index is 0.0309. The average Bonchev–Trinajstić information content (AvgIpc) is 3.10. The van der Waals surface area contributed by atoms with E-state index in [2.05, 4.69) is 27.3 Å². The summed E-state index contributed by atoms with van der Waals surface area (Å²) in [7, 11) is 1.19. The molecule has 0 aromatic heterocycles. The second kappa shape index (κ2) is 11.5. The van der Waals surface area contributed by atoms with Gasteiger partial charge in [-0.25, -0.2) is 4.79 Å². The number of nitrogens with zero attached hydrogens (tertiary/aromatic N) is 2. The van der Waals surface area contributed by atoms with Crippen LogP contribution in [0, 0.1) is 13.7 Å². The Morgan fingerprint density at radius 1 is 1.26 bits per heavy atom. The molecule has 0 aliphatic carbocycles. The van der Waals surface area contributed by atoms with Crippen LogP contribution in [0.4, 0.5) is 10.5 Å². The van der Waals surface area contributed by atoms with Gasteiger partial charge in [-0.05, 0) is 77.5 Å². The normalized spacial score (nSPS) is 15.3. The van der Waals surface area contributed by atoms with Crippen LogP contribution in [0.25, 0.3) is 6.08 Å². The van der Waals surface area contributed by atoms with Gasteiger partial charge >= 0.3 is 5.97 Å². The Bertz CT molecular complexity index is 1220. The summed E-state index contributed by atoms with van der Waals surface area (Å²) in [6, 6.07) is 8.54. The Kier molecular flexibility index (Phi) is 8.72. The molecule has 10 nitrogen and oxygen atoms in total. The summed E-state index contributed by atoms with van der Waals surface area (Å²) in [5, 5.41) is 10.5. The number of ether oxygens (including phenoxy) is 3. The van der Waals surface area contributed by atoms with E-state index in [0.29, 0.717) is 32.8 Å². The third-order valence-corrected chi connectivity index (χ3v) is 6.57. The highest BCUT2D eigenvalue weighted by atomic mass is 127. The van der Waals surface area contributed by atoms with E-state index in [4.69, 9.17) is 9.47 Å². The molecule has 1 atom stereocenters. The zero-order chi connectivity index (χ0) is 25.7. The molecule has 2 aromatic rings. The molecule has 3 rings (SSSR count). The fourth-order valence-electron chi connectivity index (χ4n) is 3.23. The zero-order valence-electron chi connectivity index (χ0n) is 19.0. The number of nitro groups is 1. The van der Waals surface area contributed by atoms with Crippen LogP contribution in [0.1, 0.15) is 25.0 Å². The van der Waals surface area contributed by atoms with Crippen LogP contribution in [0.3, 0.4) is 0 Å².